The van der Waals surface area contributed by atoms with E-state index in [2.05, 4.69) is 20.9 Å². The first-order valence-corrected chi connectivity index (χ1v) is 4.78. The molecule has 66 valence electrons. The summed E-state index contributed by atoms with van der Waals surface area (Å²) in [6.07, 6.45) is 1.84. The number of fused-ring (bicyclic) bond motifs is 1. The van der Waals surface area contributed by atoms with E-state index in [-0.39, 0.29) is 0 Å². The lowest BCUT2D eigenvalue weighted by Gasteiger charge is -2.04. The molecule has 0 bridgehead atoms. The van der Waals surface area contributed by atoms with Crippen molar-refractivity contribution < 1.29 is 0 Å². The fourth-order valence-electron chi connectivity index (χ4n) is 1.33. The number of aromatic nitrogens is 1. The molecule has 2 aromatic rings. The molecule has 0 saturated heterocycles. The van der Waals surface area contributed by atoms with Crippen LogP contribution in [0, 0.1) is 6.92 Å². The molecule has 0 amide bonds. The highest BCUT2D eigenvalue weighted by atomic mass is 79.9. The summed E-state index contributed by atoms with van der Waals surface area (Å²) < 4.78 is 1.03. The van der Waals surface area contributed by atoms with Crippen molar-refractivity contribution in [3.63, 3.8) is 0 Å². The normalized spacial score (nSPS) is 10.6. The van der Waals surface area contributed by atoms with Gasteiger partial charge >= 0.3 is 0 Å². The Balaban J connectivity index is 2.92. The number of nitrogen functional groups attached to an aromatic ring is 1. The molecule has 1 aromatic carbocycles. The second-order valence-electron chi connectivity index (χ2n) is 3.01. The van der Waals surface area contributed by atoms with Crippen molar-refractivity contribution in [1.29, 1.82) is 0 Å². The minimum Gasteiger partial charge on any atom is -0.398 e. The first-order chi connectivity index (χ1) is 6.18. The molecular weight excluding hydrogens is 228 g/mol. The fraction of sp³-hybridized carbons (Fsp3) is 0.100. The molecule has 13 heavy (non-hydrogen) atoms. The van der Waals surface area contributed by atoms with Crippen LogP contribution in [0.2, 0.25) is 0 Å². The first kappa shape index (κ1) is 8.51. The van der Waals surface area contributed by atoms with Gasteiger partial charge in [0.15, 0.2) is 0 Å². The Labute approximate surface area is 84.9 Å². The lowest BCUT2D eigenvalue weighted by molar-refractivity contribution is 1.22. The minimum atomic E-state index is 0.795. The zero-order chi connectivity index (χ0) is 9.42. The fourth-order valence-corrected chi connectivity index (χ4v) is 1.78. The van der Waals surface area contributed by atoms with Crippen LogP contribution in [0.3, 0.4) is 0 Å². The van der Waals surface area contributed by atoms with Crippen LogP contribution in [0.25, 0.3) is 10.8 Å². The van der Waals surface area contributed by atoms with Gasteiger partial charge in [0.1, 0.15) is 0 Å². The van der Waals surface area contributed by atoms with Gasteiger partial charge in [-0.1, -0.05) is 15.9 Å². The summed E-state index contributed by atoms with van der Waals surface area (Å²) in [6.45, 7) is 1.96. The van der Waals surface area contributed by atoms with Crippen molar-refractivity contribution in [1.82, 2.24) is 4.98 Å². The van der Waals surface area contributed by atoms with Gasteiger partial charge in [0, 0.05) is 32.8 Å². The van der Waals surface area contributed by atoms with Gasteiger partial charge in [-0.25, -0.2) is 0 Å². The third-order valence-corrected chi connectivity index (χ3v) is 2.71. The number of halogens is 1. The standard InChI is InChI=1S/C10H9BrN2/c1-6-4-7-8(5-13-6)9(11)2-3-10(7)12/h2-5H,12H2,1H3. The molecule has 2 rings (SSSR count). The summed E-state index contributed by atoms with van der Waals surface area (Å²) in [4.78, 5) is 4.22. The molecule has 0 aliphatic carbocycles. The molecule has 0 atom stereocenters. The average Bonchev–Trinajstić information content (AvgIpc) is 2.12. The Morgan fingerprint density at radius 3 is 2.85 bits per heavy atom. The maximum atomic E-state index is 5.85. The quantitative estimate of drug-likeness (QED) is 0.715. The number of benzene rings is 1. The summed E-state index contributed by atoms with van der Waals surface area (Å²) >= 11 is 3.46. The molecule has 0 saturated carbocycles. The maximum Gasteiger partial charge on any atom is 0.0395 e. The Morgan fingerprint density at radius 2 is 2.08 bits per heavy atom. The van der Waals surface area contributed by atoms with E-state index in [1.165, 1.54) is 0 Å². The summed E-state index contributed by atoms with van der Waals surface area (Å²) in [5.41, 5.74) is 7.62. The van der Waals surface area contributed by atoms with Crippen LogP contribution in [0.5, 0.6) is 0 Å². The molecular formula is C10H9BrN2. The molecule has 3 heteroatoms. The third kappa shape index (κ3) is 1.40. The van der Waals surface area contributed by atoms with Crippen LogP contribution >= 0.6 is 15.9 Å². The van der Waals surface area contributed by atoms with Gasteiger partial charge in [-0.3, -0.25) is 4.98 Å². The molecule has 2 N–H and O–H groups in total. The molecule has 2 nitrogen and oxygen atoms in total. The Hall–Kier alpha value is -1.09. The number of anilines is 1. The van der Waals surface area contributed by atoms with Gasteiger partial charge in [0.25, 0.3) is 0 Å². The second kappa shape index (κ2) is 3.00. The SMILES string of the molecule is Cc1cc2c(N)ccc(Br)c2cn1. The van der Waals surface area contributed by atoms with Crippen LogP contribution in [-0.2, 0) is 0 Å². The van der Waals surface area contributed by atoms with E-state index in [0.29, 0.717) is 0 Å². The van der Waals surface area contributed by atoms with E-state index in [9.17, 15) is 0 Å². The Bertz CT molecular complexity index is 466. The van der Waals surface area contributed by atoms with Crippen molar-refractivity contribution in [2.24, 2.45) is 0 Å². The van der Waals surface area contributed by atoms with Crippen LogP contribution < -0.4 is 5.73 Å². The van der Waals surface area contributed by atoms with Crippen LogP contribution in [0.1, 0.15) is 5.69 Å². The number of rotatable bonds is 0. The number of hydrogen-bond donors (Lipinski definition) is 1. The number of hydrogen-bond acceptors (Lipinski definition) is 2. The topological polar surface area (TPSA) is 38.9 Å². The van der Waals surface area contributed by atoms with E-state index in [4.69, 9.17) is 5.73 Å². The molecule has 1 aromatic heterocycles. The zero-order valence-electron chi connectivity index (χ0n) is 7.21. The van der Waals surface area contributed by atoms with Gasteiger partial charge < -0.3 is 5.73 Å². The van der Waals surface area contributed by atoms with Crippen LogP contribution in [0.4, 0.5) is 5.69 Å². The molecule has 0 unspecified atom stereocenters. The van der Waals surface area contributed by atoms with E-state index in [0.717, 1.165) is 26.6 Å². The molecule has 0 radical (unpaired) electrons. The number of aryl methyl sites for hydroxylation is 1. The predicted octanol–water partition coefficient (Wildman–Crippen LogP) is 2.89. The number of pyridine rings is 1. The maximum absolute atomic E-state index is 5.85. The zero-order valence-corrected chi connectivity index (χ0v) is 8.80. The number of nitrogens with two attached hydrogens (primary N) is 1. The largest absolute Gasteiger partial charge is 0.398 e. The Kier molecular flexibility index (Phi) is 1.96. The molecule has 0 aliphatic heterocycles. The second-order valence-corrected chi connectivity index (χ2v) is 3.86. The monoisotopic (exact) mass is 236 g/mol. The minimum absolute atomic E-state index is 0.795. The van der Waals surface area contributed by atoms with Crippen molar-refractivity contribution >= 4 is 32.4 Å². The highest BCUT2D eigenvalue weighted by Crippen LogP contribution is 2.27. The summed E-state index contributed by atoms with van der Waals surface area (Å²) in [5.74, 6) is 0. The van der Waals surface area contributed by atoms with Crippen LogP contribution in [-0.4, -0.2) is 4.98 Å². The van der Waals surface area contributed by atoms with Gasteiger partial charge in [-0.2, -0.15) is 0 Å². The van der Waals surface area contributed by atoms with Gasteiger partial charge in [0.05, 0.1) is 0 Å². The summed E-state index contributed by atoms with van der Waals surface area (Å²) in [5, 5.41) is 2.12. The van der Waals surface area contributed by atoms with E-state index < -0.39 is 0 Å². The van der Waals surface area contributed by atoms with Crippen molar-refractivity contribution in [2.75, 3.05) is 5.73 Å². The van der Waals surface area contributed by atoms with Crippen molar-refractivity contribution in [2.45, 2.75) is 6.92 Å². The highest BCUT2D eigenvalue weighted by molar-refractivity contribution is 9.10. The number of nitrogens with zero attached hydrogens (tertiary/aromatic N) is 1. The summed E-state index contributed by atoms with van der Waals surface area (Å²) in [6, 6.07) is 5.83. The molecule has 0 fully saturated rings. The van der Waals surface area contributed by atoms with Crippen LogP contribution in [0.15, 0.2) is 28.9 Å². The van der Waals surface area contributed by atoms with Crippen molar-refractivity contribution in [3.8, 4) is 0 Å². The summed E-state index contributed by atoms with van der Waals surface area (Å²) in [7, 11) is 0. The lowest BCUT2D eigenvalue weighted by atomic mass is 10.1. The Morgan fingerprint density at radius 1 is 1.31 bits per heavy atom. The van der Waals surface area contributed by atoms with Gasteiger partial charge in [-0.15, -0.1) is 0 Å². The third-order valence-electron chi connectivity index (χ3n) is 2.02. The van der Waals surface area contributed by atoms with Gasteiger partial charge in [0.2, 0.25) is 0 Å². The lowest BCUT2D eigenvalue weighted by Crippen LogP contribution is -1.89. The first-order valence-electron chi connectivity index (χ1n) is 3.99. The predicted molar refractivity (Wildman–Crippen MR) is 58.6 cm³/mol. The van der Waals surface area contributed by atoms with E-state index in [1.54, 1.807) is 0 Å². The van der Waals surface area contributed by atoms with E-state index >= 15 is 0 Å². The van der Waals surface area contributed by atoms with E-state index in [1.807, 2.05) is 31.3 Å². The highest BCUT2D eigenvalue weighted by Gasteiger charge is 2.02. The van der Waals surface area contributed by atoms with Crippen molar-refractivity contribution in [3.05, 3.63) is 34.6 Å². The average molecular weight is 237 g/mol. The smallest absolute Gasteiger partial charge is 0.0395 e. The molecule has 0 aliphatic rings. The van der Waals surface area contributed by atoms with Gasteiger partial charge in [-0.05, 0) is 25.1 Å². The molecule has 0 spiro atoms. The molecule has 1 heterocycles.